The molecule has 0 saturated heterocycles. The third kappa shape index (κ3) is 3.93. The minimum Gasteiger partial charge on any atom is -0.306 e. The molecular weight excluding hydrogens is 420 g/mol. The summed E-state index contributed by atoms with van der Waals surface area (Å²) < 4.78 is 3.97. The van der Waals surface area contributed by atoms with Gasteiger partial charge in [-0.05, 0) is 43.5 Å². The zero-order valence-corrected chi connectivity index (χ0v) is 18.9. The van der Waals surface area contributed by atoms with Gasteiger partial charge in [0.1, 0.15) is 0 Å². The number of rotatable bonds is 6. The van der Waals surface area contributed by atoms with Gasteiger partial charge in [-0.3, -0.25) is 0 Å². The first kappa shape index (κ1) is 20.6. The number of nitrogens with one attached hydrogen (secondary N) is 1. The second kappa shape index (κ2) is 9.08. The molecule has 2 aromatic carbocycles. The summed E-state index contributed by atoms with van der Waals surface area (Å²) in [5.41, 5.74) is 6.90. The fraction of sp³-hybridized carbons (Fsp3) is 0.179. The Bertz CT molecular complexity index is 1370. The van der Waals surface area contributed by atoms with Gasteiger partial charge in [0.25, 0.3) is 0 Å². The summed E-state index contributed by atoms with van der Waals surface area (Å²) in [6.45, 7) is 0.732. The van der Waals surface area contributed by atoms with Gasteiger partial charge in [-0.25, -0.2) is 14.3 Å². The third-order valence-corrected chi connectivity index (χ3v) is 6.45. The van der Waals surface area contributed by atoms with E-state index in [0.29, 0.717) is 0 Å². The van der Waals surface area contributed by atoms with E-state index < -0.39 is 0 Å². The Morgan fingerprint density at radius 3 is 2.50 bits per heavy atom. The smallest absolute Gasteiger partial charge is 0.153 e. The molecule has 6 nitrogen and oxygen atoms in total. The molecule has 0 aliphatic heterocycles. The van der Waals surface area contributed by atoms with Crippen molar-refractivity contribution in [2.24, 2.45) is 0 Å². The summed E-state index contributed by atoms with van der Waals surface area (Å²) in [7, 11) is 0. The van der Waals surface area contributed by atoms with Gasteiger partial charge in [0.2, 0.25) is 0 Å². The van der Waals surface area contributed by atoms with E-state index in [0.717, 1.165) is 48.6 Å². The Hall–Kier alpha value is -4.03. The molecule has 6 heteroatoms. The van der Waals surface area contributed by atoms with Crippen LogP contribution in [0.25, 0.3) is 22.8 Å². The lowest BCUT2D eigenvalue weighted by Gasteiger charge is -2.24. The molecule has 0 saturated carbocycles. The van der Waals surface area contributed by atoms with Gasteiger partial charge in [-0.1, -0.05) is 54.6 Å². The maximum Gasteiger partial charge on any atom is 0.153 e. The second-order valence-electron chi connectivity index (χ2n) is 8.62. The first-order chi connectivity index (χ1) is 16.9. The van der Waals surface area contributed by atoms with E-state index in [1.54, 1.807) is 0 Å². The number of nitrogens with zero attached hydrogens (tertiary/aromatic N) is 5. The van der Waals surface area contributed by atoms with E-state index in [2.05, 4.69) is 58.0 Å². The van der Waals surface area contributed by atoms with Crippen molar-refractivity contribution in [3.05, 3.63) is 114 Å². The molecule has 1 aliphatic carbocycles. The second-order valence-corrected chi connectivity index (χ2v) is 8.62. The van der Waals surface area contributed by atoms with Crippen molar-refractivity contribution < 1.29 is 0 Å². The molecule has 0 fully saturated rings. The largest absolute Gasteiger partial charge is 0.306 e. The van der Waals surface area contributed by atoms with Gasteiger partial charge < -0.3 is 5.32 Å². The minimum atomic E-state index is 0.255. The maximum atomic E-state index is 4.95. The molecule has 3 heterocycles. The van der Waals surface area contributed by atoms with Crippen LogP contribution < -0.4 is 5.32 Å². The minimum absolute atomic E-state index is 0.255. The molecule has 1 atom stereocenters. The molecule has 34 heavy (non-hydrogen) atoms. The van der Waals surface area contributed by atoms with Gasteiger partial charge in [-0.2, -0.15) is 10.2 Å². The van der Waals surface area contributed by atoms with E-state index in [9.17, 15) is 0 Å². The molecule has 1 aliphatic rings. The molecule has 1 unspecified atom stereocenters. The van der Waals surface area contributed by atoms with Crippen molar-refractivity contribution in [3.8, 4) is 22.8 Å². The number of hydrogen-bond acceptors (Lipinski definition) is 4. The highest BCUT2D eigenvalue weighted by atomic mass is 15.3. The summed E-state index contributed by atoms with van der Waals surface area (Å²) in [6, 6.07) is 26.9. The van der Waals surface area contributed by atoms with Crippen LogP contribution in [0.1, 0.15) is 35.7 Å². The standard InChI is InChI=1S/C28H26N6/c1-3-10-21(11-4-1)28-22(20-33(32-28)23-12-5-2-6-13-23)18-30-25-14-9-15-26-24(25)19-31-34(26)27-16-7-8-17-29-27/h1-8,10-13,16-17,19-20,25,30H,9,14-15,18H2. The SMILES string of the molecule is c1ccc(-c2nn(-c3ccccc3)cc2CNC2CCCc3c2cnn3-c2ccccn2)cc1. The van der Waals surface area contributed by atoms with Crippen LogP contribution in [-0.2, 0) is 13.0 Å². The monoisotopic (exact) mass is 446 g/mol. The van der Waals surface area contributed by atoms with Gasteiger partial charge >= 0.3 is 0 Å². The van der Waals surface area contributed by atoms with Crippen LogP contribution in [-0.4, -0.2) is 24.5 Å². The maximum absolute atomic E-state index is 4.95. The number of hydrogen-bond donors (Lipinski definition) is 1. The molecule has 1 N–H and O–H groups in total. The quantitative estimate of drug-likeness (QED) is 0.385. The Labute approximate surface area is 198 Å². The van der Waals surface area contributed by atoms with Gasteiger partial charge in [0.05, 0.1) is 23.3 Å². The fourth-order valence-electron chi connectivity index (χ4n) is 4.77. The molecular formula is C28H26N6. The van der Waals surface area contributed by atoms with Crippen LogP contribution in [0.2, 0.25) is 0 Å². The third-order valence-electron chi connectivity index (χ3n) is 6.45. The van der Waals surface area contributed by atoms with Crippen molar-refractivity contribution in [1.29, 1.82) is 0 Å². The van der Waals surface area contributed by atoms with Crippen LogP contribution in [0.15, 0.2) is 97.5 Å². The number of aromatic nitrogens is 5. The summed E-state index contributed by atoms with van der Waals surface area (Å²) in [4.78, 5) is 4.49. The van der Waals surface area contributed by atoms with E-state index >= 15 is 0 Å². The van der Waals surface area contributed by atoms with Gasteiger partial charge in [0, 0.05) is 41.7 Å². The van der Waals surface area contributed by atoms with Crippen molar-refractivity contribution in [2.75, 3.05) is 0 Å². The highest BCUT2D eigenvalue weighted by molar-refractivity contribution is 5.63. The van der Waals surface area contributed by atoms with Crippen LogP contribution in [0, 0.1) is 0 Å². The average Bonchev–Trinajstić information content (AvgIpc) is 3.54. The van der Waals surface area contributed by atoms with Crippen molar-refractivity contribution >= 4 is 0 Å². The first-order valence-electron chi connectivity index (χ1n) is 11.8. The predicted molar refractivity (Wildman–Crippen MR) is 133 cm³/mol. The topological polar surface area (TPSA) is 60.6 Å². The predicted octanol–water partition coefficient (Wildman–Crippen LogP) is 5.29. The summed E-state index contributed by atoms with van der Waals surface area (Å²) >= 11 is 0. The van der Waals surface area contributed by atoms with Gasteiger partial charge in [-0.15, -0.1) is 0 Å². The van der Waals surface area contributed by atoms with Crippen LogP contribution >= 0.6 is 0 Å². The molecule has 0 amide bonds. The number of pyridine rings is 1. The molecule has 5 aromatic rings. The summed E-state index contributed by atoms with van der Waals surface area (Å²) in [6.07, 6.45) is 9.20. The number of para-hydroxylation sites is 1. The summed E-state index contributed by atoms with van der Waals surface area (Å²) in [5.74, 6) is 0.875. The number of benzene rings is 2. The molecule has 6 rings (SSSR count). The lowest BCUT2D eigenvalue weighted by Crippen LogP contribution is -2.25. The lowest BCUT2D eigenvalue weighted by molar-refractivity contribution is 0.454. The highest BCUT2D eigenvalue weighted by Crippen LogP contribution is 2.32. The van der Waals surface area contributed by atoms with E-state index in [1.165, 1.54) is 16.8 Å². The Kier molecular flexibility index (Phi) is 5.49. The zero-order valence-electron chi connectivity index (χ0n) is 18.9. The Balaban J connectivity index is 1.29. The molecule has 0 radical (unpaired) electrons. The zero-order chi connectivity index (χ0) is 22.7. The van der Waals surface area contributed by atoms with Crippen molar-refractivity contribution in [2.45, 2.75) is 31.8 Å². The van der Waals surface area contributed by atoms with Crippen LogP contribution in [0.5, 0.6) is 0 Å². The normalized spacial score (nSPS) is 15.2. The molecule has 0 spiro atoms. The van der Waals surface area contributed by atoms with E-state index in [1.807, 2.05) is 64.2 Å². The van der Waals surface area contributed by atoms with Crippen molar-refractivity contribution in [1.82, 2.24) is 29.9 Å². The Morgan fingerprint density at radius 2 is 1.71 bits per heavy atom. The molecule has 3 aromatic heterocycles. The summed E-state index contributed by atoms with van der Waals surface area (Å²) in [5, 5.41) is 13.4. The van der Waals surface area contributed by atoms with Crippen LogP contribution in [0.3, 0.4) is 0 Å². The molecule has 168 valence electrons. The Morgan fingerprint density at radius 1 is 0.912 bits per heavy atom. The lowest BCUT2D eigenvalue weighted by atomic mass is 9.92. The van der Waals surface area contributed by atoms with Gasteiger partial charge in [0.15, 0.2) is 5.82 Å². The van der Waals surface area contributed by atoms with Crippen LogP contribution in [0.4, 0.5) is 0 Å². The first-order valence-corrected chi connectivity index (χ1v) is 11.8. The van der Waals surface area contributed by atoms with E-state index in [-0.39, 0.29) is 6.04 Å². The number of fused-ring (bicyclic) bond motifs is 1. The average molecular weight is 447 g/mol. The van der Waals surface area contributed by atoms with E-state index in [4.69, 9.17) is 5.10 Å². The van der Waals surface area contributed by atoms with Crippen molar-refractivity contribution in [3.63, 3.8) is 0 Å². The highest BCUT2D eigenvalue weighted by Gasteiger charge is 2.25. The fourth-order valence-corrected chi connectivity index (χ4v) is 4.77. The molecule has 0 bridgehead atoms.